The van der Waals surface area contributed by atoms with E-state index >= 15 is 0 Å². The van der Waals surface area contributed by atoms with E-state index in [0.29, 0.717) is 31.2 Å². The fraction of sp³-hybridized carbons (Fsp3) is 0.625. The largest absolute Gasteiger partial charge is 0.504 e. The number of ether oxygens (including phenoxy) is 1. The molecule has 4 unspecified atom stereocenters. The summed E-state index contributed by atoms with van der Waals surface area (Å²) in [6.07, 6.45) is 2.32. The van der Waals surface area contributed by atoms with Gasteiger partial charge in [-0.15, -0.1) is 0 Å². The van der Waals surface area contributed by atoms with Crippen molar-refractivity contribution in [3.8, 4) is 11.5 Å². The number of likely N-dealkylation sites (N-methyl/N-ethyl adjacent to an activating group) is 1. The molecule has 1 aromatic carbocycles. The van der Waals surface area contributed by atoms with E-state index in [0.717, 1.165) is 12.1 Å². The Bertz CT molecular complexity index is 1010. The Morgan fingerprint density at radius 3 is 2.61 bits per heavy atom. The number of phenols is 1. The molecule has 1 aliphatic heterocycles. The summed E-state index contributed by atoms with van der Waals surface area (Å²) in [5.41, 5.74) is -0.849. The van der Waals surface area contributed by atoms with Crippen molar-refractivity contribution in [2.45, 2.75) is 69.4 Å². The highest BCUT2D eigenvalue weighted by Crippen LogP contribution is 2.72. The lowest BCUT2D eigenvalue weighted by molar-refractivity contribution is -0.154. The summed E-state index contributed by atoms with van der Waals surface area (Å²) in [4.78, 5) is 37.2. The molecule has 2 saturated carbocycles. The molecule has 3 fully saturated rings. The van der Waals surface area contributed by atoms with Gasteiger partial charge in [0.2, 0.25) is 0 Å². The molecule has 4 N–H and O–H groups in total. The predicted molar refractivity (Wildman–Crippen MR) is 118 cm³/mol. The van der Waals surface area contributed by atoms with Crippen molar-refractivity contribution in [3.63, 3.8) is 0 Å². The first-order valence-electron chi connectivity index (χ1n) is 11.5. The minimum atomic E-state index is -1.22. The minimum absolute atomic E-state index is 0.0524. The van der Waals surface area contributed by atoms with E-state index in [9.17, 15) is 24.6 Å². The molecule has 5 rings (SSSR count). The maximum absolute atomic E-state index is 12.5. The number of fused-ring (bicyclic) bond motifs is 2. The number of benzene rings is 1. The number of carboxylic acid groups (broad SMARTS) is 1. The van der Waals surface area contributed by atoms with Crippen molar-refractivity contribution in [2.75, 3.05) is 20.1 Å². The molecule has 3 aliphatic carbocycles. The lowest BCUT2D eigenvalue weighted by Gasteiger charge is -2.56. The van der Waals surface area contributed by atoms with Crippen LogP contribution in [-0.4, -0.2) is 69.8 Å². The molecule has 1 aromatic rings. The van der Waals surface area contributed by atoms with E-state index in [1.165, 1.54) is 12.5 Å². The second-order valence-corrected chi connectivity index (χ2v) is 10.0. The zero-order valence-corrected chi connectivity index (χ0v) is 19.3. The van der Waals surface area contributed by atoms with E-state index in [1.54, 1.807) is 6.07 Å². The molecule has 4 atom stereocenters. The van der Waals surface area contributed by atoms with Crippen molar-refractivity contribution in [2.24, 2.45) is 5.41 Å². The highest BCUT2D eigenvalue weighted by atomic mass is 16.6. The molecule has 0 aromatic heterocycles. The summed E-state index contributed by atoms with van der Waals surface area (Å²) >= 11 is 0. The van der Waals surface area contributed by atoms with Crippen LogP contribution in [0.1, 0.15) is 57.1 Å². The molecule has 2 bridgehead atoms. The quantitative estimate of drug-likeness (QED) is 0.537. The number of likely N-dealkylation sites (tertiary alicyclic amines) is 1. The van der Waals surface area contributed by atoms with Crippen LogP contribution in [-0.2, 0) is 21.4 Å². The number of nitrogens with zero attached hydrogens (tertiary/aromatic N) is 1. The molecule has 2 spiro atoms. The van der Waals surface area contributed by atoms with Crippen LogP contribution in [0, 0.1) is 5.41 Å². The van der Waals surface area contributed by atoms with Gasteiger partial charge in [0, 0.05) is 41.8 Å². The van der Waals surface area contributed by atoms with Crippen molar-refractivity contribution < 1.29 is 34.4 Å². The molecule has 9 heteroatoms. The van der Waals surface area contributed by atoms with Gasteiger partial charge in [0.25, 0.3) is 0 Å². The molecular weight excluding hydrogens is 428 g/mol. The molecule has 33 heavy (non-hydrogen) atoms. The summed E-state index contributed by atoms with van der Waals surface area (Å²) in [5, 5.41) is 33.8. The number of hydrogen-bond donors (Lipinski definition) is 4. The number of nitrogens with one attached hydrogen (secondary N) is 1. The van der Waals surface area contributed by atoms with Gasteiger partial charge in [-0.05, 0) is 37.9 Å². The van der Waals surface area contributed by atoms with Gasteiger partial charge in [-0.1, -0.05) is 26.3 Å². The van der Waals surface area contributed by atoms with E-state index in [1.807, 2.05) is 7.05 Å². The number of rotatable bonds is 3. The third kappa shape index (κ3) is 3.32. The van der Waals surface area contributed by atoms with Crippen LogP contribution in [0.4, 0.5) is 4.79 Å². The third-order valence-corrected chi connectivity index (χ3v) is 7.64. The SMILES string of the molecule is CCC.CN1CC23Cc4ccc(OC(=O)NCC(=O)O)c(O)c4C4(CC(=O)CCC4(O)C12)C3. The fourth-order valence-corrected chi connectivity index (χ4v) is 7.06. The van der Waals surface area contributed by atoms with Crippen LogP contribution >= 0.6 is 0 Å². The maximum atomic E-state index is 12.5. The first-order valence-corrected chi connectivity index (χ1v) is 11.5. The second kappa shape index (κ2) is 7.99. The number of carbonyl (C=O) groups is 3. The first-order chi connectivity index (χ1) is 15.5. The Hall–Kier alpha value is -2.65. The number of carboxylic acids is 1. The monoisotopic (exact) mass is 460 g/mol. The van der Waals surface area contributed by atoms with Crippen LogP contribution in [0.15, 0.2) is 12.1 Å². The van der Waals surface area contributed by atoms with Crippen LogP contribution in [0.2, 0.25) is 0 Å². The number of carbonyl (C=O) groups excluding carboxylic acids is 2. The van der Waals surface area contributed by atoms with E-state index in [4.69, 9.17) is 9.84 Å². The fourth-order valence-electron chi connectivity index (χ4n) is 7.06. The van der Waals surface area contributed by atoms with Gasteiger partial charge < -0.3 is 25.4 Å². The standard InChI is InChI=1S/C21H24N2O7.C3H8/c1-23-10-19-6-11-2-3-13(30-18(28)22-8-14(25)26)16(27)15(11)20(9-19)7-12(24)4-5-21(20,29)17(19)23;1-3-2/h2-3,17,27,29H,4-10H2,1H3,(H,22,28)(H,25,26);3H2,1-2H3. The number of hydrogen-bond acceptors (Lipinski definition) is 7. The lowest BCUT2D eigenvalue weighted by atomic mass is 9.58. The Morgan fingerprint density at radius 2 is 1.97 bits per heavy atom. The number of ketones is 1. The Balaban J connectivity index is 0.000000821. The topological polar surface area (TPSA) is 136 Å². The summed E-state index contributed by atoms with van der Waals surface area (Å²) in [6, 6.07) is 3.17. The molecular formula is C24H32N2O7. The normalized spacial score (nSPS) is 33.5. The Labute approximate surface area is 192 Å². The molecule has 1 heterocycles. The summed E-state index contributed by atoms with van der Waals surface area (Å²) in [6.45, 7) is 4.46. The van der Waals surface area contributed by atoms with Crippen molar-refractivity contribution >= 4 is 17.8 Å². The molecule has 9 nitrogen and oxygen atoms in total. The average molecular weight is 461 g/mol. The third-order valence-electron chi connectivity index (χ3n) is 7.64. The van der Waals surface area contributed by atoms with Gasteiger partial charge in [-0.25, -0.2) is 4.79 Å². The van der Waals surface area contributed by atoms with E-state index < -0.39 is 29.6 Å². The number of aromatic hydroxyl groups is 1. The van der Waals surface area contributed by atoms with E-state index in [2.05, 4.69) is 24.1 Å². The van der Waals surface area contributed by atoms with Crippen molar-refractivity contribution in [1.82, 2.24) is 10.2 Å². The average Bonchev–Trinajstić information content (AvgIpc) is 2.85. The smallest absolute Gasteiger partial charge is 0.413 e. The van der Waals surface area contributed by atoms with Crippen LogP contribution in [0.25, 0.3) is 0 Å². The van der Waals surface area contributed by atoms with Gasteiger partial charge in [0.15, 0.2) is 11.5 Å². The first kappa shape index (κ1) is 23.5. The van der Waals surface area contributed by atoms with Crippen LogP contribution in [0.3, 0.4) is 0 Å². The molecule has 1 saturated heterocycles. The molecule has 4 aliphatic rings. The molecule has 180 valence electrons. The summed E-state index contributed by atoms with van der Waals surface area (Å²) < 4.78 is 5.15. The molecule has 1 amide bonds. The zero-order valence-electron chi connectivity index (χ0n) is 19.3. The number of amides is 1. The van der Waals surface area contributed by atoms with Gasteiger partial charge in [0.05, 0.1) is 5.60 Å². The van der Waals surface area contributed by atoms with E-state index in [-0.39, 0.29) is 35.2 Å². The van der Waals surface area contributed by atoms with Crippen molar-refractivity contribution in [1.29, 1.82) is 0 Å². The predicted octanol–water partition coefficient (Wildman–Crippen LogP) is 1.96. The van der Waals surface area contributed by atoms with Gasteiger partial charge in [-0.2, -0.15) is 0 Å². The van der Waals surface area contributed by atoms with Gasteiger partial charge >= 0.3 is 12.1 Å². The Morgan fingerprint density at radius 1 is 1.27 bits per heavy atom. The Kier molecular flexibility index (Phi) is 5.69. The van der Waals surface area contributed by atoms with Gasteiger partial charge in [0.1, 0.15) is 12.3 Å². The van der Waals surface area contributed by atoms with Crippen LogP contribution in [0.5, 0.6) is 11.5 Å². The summed E-state index contributed by atoms with van der Waals surface area (Å²) in [5.74, 6) is -1.54. The van der Waals surface area contributed by atoms with Crippen molar-refractivity contribution in [3.05, 3.63) is 23.3 Å². The minimum Gasteiger partial charge on any atom is -0.504 e. The second-order valence-electron chi connectivity index (χ2n) is 10.0. The maximum Gasteiger partial charge on any atom is 0.413 e. The van der Waals surface area contributed by atoms with Crippen LogP contribution < -0.4 is 10.1 Å². The number of aliphatic hydroxyl groups is 1. The molecule has 0 radical (unpaired) electrons. The number of phenolic OH excluding ortho intramolecular Hbond substituents is 1. The van der Waals surface area contributed by atoms with Gasteiger partial charge in [-0.3, -0.25) is 14.5 Å². The number of Topliss-reactive ketones (excluding diaryl/α,β-unsaturated/α-hetero) is 1. The highest BCUT2D eigenvalue weighted by molar-refractivity contribution is 5.84. The number of aliphatic carboxylic acids is 1. The highest BCUT2D eigenvalue weighted by Gasteiger charge is 2.78. The lowest BCUT2D eigenvalue weighted by Crippen LogP contribution is -2.69. The summed E-state index contributed by atoms with van der Waals surface area (Å²) in [7, 11) is 1.98. The zero-order chi connectivity index (χ0) is 24.2.